The van der Waals surface area contributed by atoms with E-state index in [-0.39, 0.29) is 5.69 Å². The maximum Gasteiger partial charge on any atom is 0.353 e. The number of thiazole rings is 1. The third-order valence-electron chi connectivity index (χ3n) is 1.89. The van der Waals surface area contributed by atoms with Gasteiger partial charge in [0, 0.05) is 18.6 Å². The summed E-state index contributed by atoms with van der Waals surface area (Å²) in [5.74, 6) is -1.04. The smallest absolute Gasteiger partial charge is 0.353 e. The molecule has 0 amide bonds. The second-order valence-corrected chi connectivity index (χ2v) is 3.97. The highest BCUT2D eigenvalue weighted by molar-refractivity contribution is 7.09. The molecule has 84 valence electrons. The van der Waals surface area contributed by atoms with Crippen molar-refractivity contribution in [2.24, 2.45) is 0 Å². The molecular weight excluding hydrogens is 230 g/mol. The predicted molar refractivity (Wildman–Crippen MR) is 57.4 cm³/mol. The Kier molecular flexibility index (Phi) is 2.97. The molecule has 2 aromatic rings. The zero-order valence-corrected chi connectivity index (χ0v) is 9.24. The van der Waals surface area contributed by atoms with Gasteiger partial charge in [0.05, 0.1) is 6.61 Å². The summed E-state index contributed by atoms with van der Waals surface area (Å²) in [6.45, 7) is 0.445. The maximum absolute atomic E-state index is 10.6. The summed E-state index contributed by atoms with van der Waals surface area (Å²) in [4.78, 5) is 14.9. The number of nitrogens with one attached hydrogen (secondary N) is 1. The number of hydrogen-bond acceptors (Lipinski definition) is 5. The predicted octanol–water partition coefficient (Wildman–Crippen LogP) is 1.38. The molecule has 0 radical (unpaired) electrons. The Morgan fingerprint density at radius 3 is 3.06 bits per heavy atom. The van der Waals surface area contributed by atoms with Crippen molar-refractivity contribution in [2.75, 3.05) is 7.11 Å². The highest BCUT2D eigenvalue weighted by atomic mass is 32.1. The lowest BCUT2D eigenvalue weighted by molar-refractivity contribution is 0.0690. The van der Waals surface area contributed by atoms with Gasteiger partial charge in [0.2, 0.25) is 0 Å². The number of rotatable bonds is 4. The van der Waals surface area contributed by atoms with Crippen molar-refractivity contribution in [1.82, 2.24) is 15.2 Å². The van der Waals surface area contributed by atoms with E-state index in [1.807, 2.05) is 5.38 Å². The van der Waals surface area contributed by atoms with E-state index in [4.69, 9.17) is 9.84 Å². The van der Waals surface area contributed by atoms with Crippen molar-refractivity contribution in [2.45, 2.75) is 6.61 Å². The monoisotopic (exact) mass is 239 g/mol. The van der Waals surface area contributed by atoms with Crippen LogP contribution < -0.4 is 0 Å². The first-order valence-electron chi connectivity index (χ1n) is 4.43. The number of ether oxygens (including phenoxy) is 1. The number of carboxylic acids is 1. The first-order valence-corrected chi connectivity index (χ1v) is 5.31. The molecule has 7 heteroatoms. The Balaban J connectivity index is 2.24. The molecule has 0 aliphatic heterocycles. The van der Waals surface area contributed by atoms with Crippen LogP contribution in [0.3, 0.4) is 0 Å². The first kappa shape index (κ1) is 10.8. The van der Waals surface area contributed by atoms with Crippen molar-refractivity contribution >= 4 is 17.3 Å². The van der Waals surface area contributed by atoms with Gasteiger partial charge in [-0.3, -0.25) is 5.10 Å². The number of methoxy groups -OCH3 is 1. The van der Waals surface area contributed by atoms with Crippen LogP contribution in [0.1, 0.15) is 15.5 Å². The fraction of sp³-hybridized carbons (Fsp3) is 0.222. The number of H-pyrrole nitrogens is 1. The minimum absolute atomic E-state index is 0.0521. The average molecular weight is 239 g/mol. The van der Waals surface area contributed by atoms with E-state index in [0.29, 0.717) is 18.0 Å². The molecule has 0 bridgehead atoms. The van der Waals surface area contributed by atoms with E-state index < -0.39 is 5.97 Å². The van der Waals surface area contributed by atoms with Gasteiger partial charge in [-0.2, -0.15) is 5.10 Å². The molecule has 2 rings (SSSR count). The lowest BCUT2D eigenvalue weighted by Crippen LogP contribution is -1.95. The van der Waals surface area contributed by atoms with Crippen LogP contribution in [-0.2, 0) is 11.3 Å². The summed E-state index contributed by atoms with van der Waals surface area (Å²) in [5, 5.41) is 17.7. The SMILES string of the molecule is COCc1nc(-c2cc(C(=O)O)[nH]n2)cs1. The summed E-state index contributed by atoms with van der Waals surface area (Å²) in [6, 6.07) is 1.45. The van der Waals surface area contributed by atoms with E-state index in [9.17, 15) is 4.79 Å². The van der Waals surface area contributed by atoms with Gasteiger partial charge in [0.15, 0.2) is 0 Å². The Bertz CT molecular complexity index is 506. The normalized spacial score (nSPS) is 10.6. The fourth-order valence-electron chi connectivity index (χ4n) is 1.18. The first-order chi connectivity index (χ1) is 7.70. The molecule has 2 heterocycles. The molecule has 0 atom stereocenters. The van der Waals surface area contributed by atoms with Crippen molar-refractivity contribution in [3.63, 3.8) is 0 Å². The summed E-state index contributed by atoms with van der Waals surface area (Å²) >= 11 is 1.45. The summed E-state index contributed by atoms with van der Waals surface area (Å²) in [5.41, 5.74) is 1.23. The molecule has 0 unspecified atom stereocenters. The average Bonchev–Trinajstić information content (AvgIpc) is 2.84. The largest absolute Gasteiger partial charge is 0.477 e. The van der Waals surface area contributed by atoms with E-state index in [2.05, 4.69) is 15.2 Å². The third-order valence-corrected chi connectivity index (χ3v) is 2.71. The molecule has 2 N–H and O–H groups in total. The van der Waals surface area contributed by atoms with Gasteiger partial charge >= 0.3 is 5.97 Å². The van der Waals surface area contributed by atoms with E-state index in [1.54, 1.807) is 7.11 Å². The quantitative estimate of drug-likeness (QED) is 0.841. The lowest BCUT2D eigenvalue weighted by Gasteiger charge is -1.90. The van der Waals surface area contributed by atoms with Gasteiger partial charge in [0.25, 0.3) is 0 Å². The Hall–Kier alpha value is -1.73. The van der Waals surface area contributed by atoms with Crippen LogP contribution in [0.4, 0.5) is 0 Å². The second kappa shape index (κ2) is 4.42. The van der Waals surface area contributed by atoms with Crippen molar-refractivity contribution < 1.29 is 14.6 Å². The summed E-state index contributed by atoms with van der Waals surface area (Å²) in [6.07, 6.45) is 0. The molecule has 16 heavy (non-hydrogen) atoms. The van der Waals surface area contributed by atoms with Crippen LogP contribution >= 0.6 is 11.3 Å². The van der Waals surface area contributed by atoms with Gasteiger partial charge in [-0.15, -0.1) is 11.3 Å². The van der Waals surface area contributed by atoms with Gasteiger partial charge in [-0.25, -0.2) is 9.78 Å². The topological polar surface area (TPSA) is 88.1 Å². The summed E-state index contributed by atoms with van der Waals surface area (Å²) in [7, 11) is 1.60. The number of aromatic nitrogens is 3. The summed E-state index contributed by atoms with van der Waals surface area (Å²) < 4.78 is 4.95. The van der Waals surface area contributed by atoms with Crippen LogP contribution in [-0.4, -0.2) is 33.4 Å². The Morgan fingerprint density at radius 1 is 1.62 bits per heavy atom. The highest BCUT2D eigenvalue weighted by Crippen LogP contribution is 2.20. The van der Waals surface area contributed by atoms with Crippen LogP contribution in [0.5, 0.6) is 0 Å². The molecule has 0 saturated heterocycles. The van der Waals surface area contributed by atoms with E-state index in [0.717, 1.165) is 5.01 Å². The number of carboxylic acid groups (broad SMARTS) is 1. The molecule has 0 spiro atoms. The van der Waals surface area contributed by atoms with Crippen molar-refractivity contribution in [3.8, 4) is 11.4 Å². The van der Waals surface area contributed by atoms with Crippen LogP contribution in [0.2, 0.25) is 0 Å². The highest BCUT2D eigenvalue weighted by Gasteiger charge is 2.11. The molecule has 0 aromatic carbocycles. The van der Waals surface area contributed by atoms with E-state index in [1.165, 1.54) is 17.4 Å². The molecule has 0 saturated carbocycles. The molecule has 2 aromatic heterocycles. The van der Waals surface area contributed by atoms with Crippen LogP contribution in [0, 0.1) is 0 Å². The van der Waals surface area contributed by atoms with Gasteiger partial charge < -0.3 is 9.84 Å². The molecule has 0 aliphatic rings. The molecule has 6 nitrogen and oxygen atoms in total. The molecule has 0 fully saturated rings. The fourth-order valence-corrected chi connectivity index (χ4v) is 1.94. The standard InChI is InChI=1S/C9H9N3O3S/c1-15-3-8-10-7(4-16-8)5-2-6(9(13)14)12-11-5/h2,4H,3H2,1H3,(H,11,12)(H,13,14). The number of aromatic amines is 1. The minimum Gasteiger partial charge on any atom is -0.477 e. The van der Waals surface area contributed by atoms with Crippen LogP contribution in [0.15, 0.2) is 11.4 Å². The second-order valence-electron chi connectivity index (χ2n) is 3.03. The number of hydrogen-bond donors (Lipinski definition) is 2. The zero-order chi connectivity index (χ0) is 11.5. The Labute approximate surface area is 94.9 Å². The van der Waals surface area contributed by atoms with Crippen molar-refractivity contribution in [1.29, 1.82) is 0 Å². The van der Waals surface area contributed by atoms with Crippen molar-refractivity contribution in [3.05, 3.63) is 22.1 Å². The number of carbonyl (C=O) groups is 1. The van der Waals surface area contributed by atoms with Gasteiger partial charge in [0.1, 0.15) is 22.1 Å². The minimum atomic E-state index is -1.04. The lowest BCUT2D eigenvalue weighted by atomic mass is 10.3. The third kappa shape index (κ3) is 2.10. The number of nitrogens with zero attached hydrogens (tertiary/aromatic N) is 2. The van der Waals surface area contributed by atoms with Gasteiger partial charge in [-0.1, -0.05) is 0 Å². The molecular formula is C9H9N3O3S. The Morgan fingerprint density at radius 2 is 2.44 bits per heavy atom. The van der Waals surface area contributed by atoms with E-state index >= 15 is 0 Å². The number of aromatic carboxylic acids is 1. The van der Waals surface area contributed by atoms with Crippen LogP contribution in [0.25, 0.3) is 11.4 Å². The van der Waals surface area contributed by atoms with Gasteiger partial charge in [-0.05, 0) is 0 Å². The zero-order valence-electron chi connectivity index (χ0n) is 8.43. The maximum atomic E-state index is 10.6. The molecule has 0 aliphatic carbocycles.